The second-order valence-corrected chi connectivity index (χ2v) is 11.2. The van der Waals surface area contributed by atoms with Crippen molar-refractivity contribution in [2.45, 2.75) is 26.2 Å². The van der Waals surface area contributed by atoms with Gasteiger partial charge in [0.1, 0.15) is 11.5 Å². The smallest absolute Gasteiger partial charge is 0.495 e. The minimum Gasteiger partial charge on any atom is -0.495 e. The van der Waals surface area contributed by atoms with Crippen molar-refractivity contribution in [2.24, 2.45) is 7.05 Å². The third-order valence-electron chi connectivity index (χ3n) is 7.57. The van der Waals surface area contributed by atoms with Crippen molar-refractivity contribution in [1.29, 1.82) is 0 Å². The first-order chi connectivity index (χ1) is 20.8. The lowest BCUT2D eigenvalue weighted by Crippen LogP contribution is -2.46. The van der Waals surface area contributed by atoms with Crippen molar-refractivity contribution >= 4 is 40.6 Å². The van der Waals surface area contributed by atoms with Gasteiger partial charge < -0.3 is 24.4 Å². The molecule has 0 bridgehead atoms. The zero-order chi connectivity index (χ0) is 30.5. The molecule has 2 aliphatic rings. The van der Waals surface area contributed by atoms with Gasteiger partial charge in [-0.25, -0.2) is 4.79 Å². The van der Waals surface area contributed by atoms with E-state index in [4.69, 9.17) is 37.4 Å². The number of hydrogen-bond acceptors (Lipinski definition) is 10. The maximum Gasteiger partial charge on any atom is 0.513 e. The van der Waals surface area contributed by atoms with E-state index in [1.54, 1.807) is 26.3 Å². The molecule has 1 fully saturated rings. The van der Waals surface area contributed by atoms with Crippen LogP contribution < -0.4 is 15.0 Å². The van der Waals surface area contributed by atoms with Gasteiger partial charge >= 0.3 is 6.16 Å². The number of hydrogen-bond donors (Lipinski definition) is 1. The lowest BCUT2D eigenvalue weighted by atomic mass is 9.84. The summed E-state index contributed by atoms with van der Waals surface area (Å²) in [6, 6.07) is 13.4. The van der Waals surface area contributed by atoms with Crippen molar-refractivity contribution in [3.05, 3.63) is 81.1 Å². The number of allylic oxidation sites excluding steroid dienone is 3. The summed E-state index contributed by atoms with van der Waals surface area (Å²) >= 11 is 13.1. The number of nitrogens with one attached hydrogen (secondary N) is 1. The molecule has 13 heteroatoms. The molecular weight excluding hydrogens is 593 g/mol. The number of nitrogens with zero attached hydrogens (tertiary/aromatic N) is 6. The van der Waals surface area contributed by atoms with Crippen LogP contribution in [0.25, 0.3) is 5.57 Å². The van der Waals surface area contributed by atoms with Crippen LogP contribution in [0.15, 0.2) is 59.6 Å². The van der Waals surface area contributed by atoms with Gasteiger partial charge in [-0.2, -0.15) is 4.80 Å². The number of dihydropyridines is 1. The Labute approximate surface area is 261 Å². The molecule has 5 rings (SSSR count). The number of aryl methyl sites for hydroxylation is 1. The van der Waals surface area contributed by atoms with Crippen molar-refractivity contribution in [3.8, 4) is 5.75 Å². The highest BCUT2D eigenvalue weighted by Crippen LogP contribution is 2.46. The topological polar surface area (TPSA) is 107 Å². The van der Waals surface area contributed by atoms with Crippen LogP contribution in [0, 0.1) is 0 Å². The molecule has 0 radical (unpaired) electrons. The summed E-state index contributed by atoms with van der Waals surface area (Å²) in [5.41, 5.74) is 3.83. The summed E-state index contributed by atoms with van der Waals surface area (Å²) in [6.07, 6.45) is -0.122. The highest BCUT2D eigenvalue weighted by atomic mass is 35.5. The summed E-state index contributed by atoms with van der Waals surface area (Å²) in [7, 11) is 3.38. The minimum absolute atomic E-state index is 0.224. The predicted octanol–water partition coefficient (Wildman–Crippen LogP) is 5.24. The van der Waals surface area contributed by atoms with Crippen LogP contribution in [0.2, 0.25) is 10.0 Å². The van der Waals surface area contributed by atoms with E-state index in [-0.39, 0.29) is 6.61 Å². The van der Waals surface area contributed by atoms with Crippen molar-refractivity contribution < 1.29 is 19.0 Å². The first-order valence-corrected chi connectivity index (χ1v) is 14.8. The number of benzene rings is 2. The first-order valence-electron chi connectivity index (χ1n) is 14.1. The molecule has 1 aromatic heterocycles. The molecule has 11 nitrogen and oxygen atoms in total. The average Bonchev–Trinajstić information content (AvgIpc) is 3.43. The van der Waals surface area contributed by atoms with E-state index in [9.17, 15) is 4.79 Å². The van der Waals surface area contributed by atoms with Crippen LogP contribution in [0.4, 0.5) is 10.5 Å². The van der Waals surface area contributed by atoms with Gasteiger partial charge in [-0.3, -0.25) is 4.90 Å². The number of aromatic nitrogens is 4. The Kier molecular flexibility index (Phi) is 9.74. The summed E-state index contributed by atoms with van der Waals surface area (Å²) in [6.45, 7) is 8.36. The second kappa shape index (κ2) is 13.7. The van der Waals surface area contributed by atoms with Crippen molar-refractivity contribution in [3.63, 3.8) is 0 Å². The fourth-order valence-corrected chi connectivity index (χ4v) is 5.92. The first kappa shape index (κ1) is 30.7. The van der Waals surface area contributed by atoms with E-state index < -0.39 is 12.1 Å². The summed E-state index contributed by atoms with van der Waals surface area (Å²) in [5.74, 6) is 0.965. The van der Waals surface area contributed by atoms with Crippen LogP contribution in [-0.2, 0) is 16.5 Å². The Morgan fingerprint density at radius 1 is 1.05 bits per heavy atom. The standard InChI is InChI=1S/C30H35Cl2N7O4/c1-19-25(29-34-36-37(3)35-29)26(21-9-7-10-22(31)27(21)32)28(20(2)33-19)43-30(40)42-18-8-13-38-14-16-39(17-15-38)23-11-5-6-12-24(23)41-4/h5-7,9-12,26,33H,8,13-18H2,1-4H3. The van der Waals surface area contributed by atoms with E-state index in [0.717, 1.165) is 49.9 Å². The molecule has 1 atom stereocenters. The highest BCUT2D eigenvalue weighted by molar-refractivity contribution is 6.42. The average molecular weight is 629 g/mol. The van der Waals surface area contributed by atoms with Crippen LogP contribution in [0.3, 0.4) is 0 Å². The largest absolute Gasteiger partial charge is 0.513 e. The van der Waals surface area contributed by atoms with E-state index in [1.807, 2.05) is 38.1 Å². The molecule has 0 spiro atoms. The van der Waals surface area contributed by atoms with Gasteiger partial charge in [0, 0.05) is 44.0 Å². The van der Waals surface area contributed by atoms with Crippen LogP contribution in [0.1, 0.15) is 37.6 Å². The van der Waals surface area contributed by atoms with Gasteiger partial charge in [-0.05, 0) is 49.2 Å². The molecule has 1 N–H and O–H groups in total. The molecule has 43 heavy (non-hydrogen) atoms. The van der Waals surface area contributed by atoms with Gasteiger partial charge in [0.25, 0.3) is 0 Å². The fraction of sp³-hybridized carbons (Fsp3) is 0.400. The third kappa shape index (κ3) is 6.90. The molecule has 0 saturated carbocycles. The monoisotopic (exact) mass is 627 g/mol. The summed E-state index contributed by atoms with van der Waals surface area (Å²) in [4.78, 5) is 19.0. The third-order valence-corrected chi connectivity index (χ3v) is 8.40. The zero-order valence-corrected chi connectivity index (χ0v) is 26.2. The number of piperazine rings is 1. The van der Waals surface area contributed by atoms with E-state index in [1.165, 1.54) is 4.80 Å². The van der Waals surface area contributed by atoms with E-state index in [0.29, 0.717) is 44.9 Å². The lowest BCUT2D eigenvalue weighted by Gasteiger charge is -2.36. The van der Waals surface area contributed by atoms with Crippen molar-refractivity contribution in [2.75, 3.05) is 51.3 Å². The Bertz CT molecular complexity index is 1530. The minimum atomic E-state index is -0.800. The molecule has 3 aromatic rings. The SMILES string of the molecule is COc1ccccc1N1CCN(CCCOC(=O)OC2=C(C)NC(C)=C(c3nnn(C)n3)C2c2cccc(Cl)c2Cl)CC1. The molecule has 3 heterocycles. The van der Waals surface area contributed by atoms with Crippen LogP contribution in [0.5, 0.6) is 5.75 Å². The molecule has 1 saturated heterocycles. The molecule has 1 unspecified atom stereocenters. The van der Waals surface area contributed by atoms with Gasteiger partial charge in [-0.15, -0.1) is 10.2 Å². The number of anilines is 1. The second-order valence-electron chi connectivity index (χ2n) is 10.4. The van der Waals surface area contributed by atoms with Gasteiger partial charge in [0.15, 0.2) is 0 Å². The Hall–Kier alpha value is -3.80. The van der Waals surface area contributed by atoms with Gasteiger partial charge in [0.05, 0.1) is 48.1 Å². The zero-order valence-electron chi connectivity index (χ0n) is 24.6. The molecule has 2 aromatic carbocycles. The number of methoxy groups -OCH3 is 1. The molecule has 0 amide bonds. The Balaban J connectivity index is 1.20. The van der Waals surface area contributed by atoms with Crippen LogP contribution in [-0.4, -0.2) is 77.7 Å². The lowest BCUT2D eigenvalue weighted by molar-refractivity contribution is 0.0696. The number of carbonyl (C=O) groups is 1. The Morgan fingerprint density at radius 3 is 2.53 bits per heavy atom. The quantitative estimate of drug-likeness (QED) is 0.250. The number of rotatable bonds is 9. The van der Waals surface area contributed by atoms with Gasteiger partial charge in [-0.1, -0.05) is 47.5 Å². The van der Waals surface area contributed by atoms with Crippen molar-refractivity contribution in [1.82, 2.24) is 30.4 Å². The fourth-order valence-electron chi connectivity index (χ4n) is 5.50. The van der Waals surface area contributed by atoms with E-state index in [2.05, 4.69) is 36.6 Å². The number of halogens is 2. The number of tetrazole rings is 1. The predicted molar refractivity (Wildman–Crippen MR) is 165 cm³/mol. The normalized spacial score (nSPS) is 17.6. The summed E-state index contributed by atoms with van der Waals surface area (Å²) in [5, 5.41) is 16.6. The highest BCUT2D eigenvalue weighted by Gasteiger charge is 2.37. The number of para-hydroxylation sites is 2. The Morgan fingerprint density at radius 2 is 1.81 bits per heavy atom. The van der Waals surface area contributed by atoms with E-state index >= 15 is 0 Å². The van der Waals surface area contributed by atoms with Crippen LogP contribution >= 0.6 is 23.2 Å². The molecular formula is C30H35Cl2N7O4. The number of ether oxygens (including phenoxy) is 3. The summed E-state index contributed by atoms with van der Waals surface area (Å²) < 4.78 is 16.9. The molecule has 228 valence electrons. The maximum absolute atomic E-state index is 13.0. The maximum atomic E-state index is 13.0. The number of carbonyl (C=O) groups excluding carboxylic acids is 1. The van der Waals surface area contributed by atoms with Gasteiger partial charge in [0.2, 0.25) is 5.82 Å². The molecule has 0 aliphatic carbocycles. The molecule has 2 aliphatic heterocycles.